The third-order valence-electron chi connectivity index (χ3n) is 5.44. The number of imide groups is 1. The summed E-state index contributed by atoms with van der Waals surface area (Å²) in [5.41, 5.74) is 2.29. The molecule has 1 aromatic rings. The Balaban J connectivity index is 1.58. The topological polar surface area (TPSA) is 114 Å². The number of carbonyl (C=O) groups excluding carboxylic acids is 4. The van der Waals surface area contributed by atoms with Crippen LogP contribution in [0, 0.1) is 12.8 Å². The third-order valence-corrected chi connectivity index (χ3v) is 5.44. The lowest BCUT2D eigenvalue weighted by molar-refractivity contribution is -0.141. The van der Waals surface area contributed by atoms with Crippen LogP contribution in [0.1, 0.15) is 48.5 Å². The van der Waals surface area contributed by atoms with E-state index in [1.807, 2.05) is 6.92 Å². The summed E-state index contributed by atoms with van der Waals surface area (Å²) in [4.78, 5) is 49.4. The summed E-state index contributed by atoms with van der Waals surface area (Å²) < 4.78 is 10.1. The Hall–Kier alpha value is -3.10. The summed E-state index contributed by atoms with van der Waals surface area (Å²) in [6.07, 6.45) is 2.72. The van der Waals surface area contributed by atoms with Crippen molar-refractivity contribution in [3.8, 4) is 5.75 Å². The number of nitrogens with one attached hydrogen (secondary N) is 2. The number of methoxy groups -OCH3 is 1. The Morgan fingerprint density at radius 2 is 1.97 bits per heavy atom. The zero-order valence-corrected chi connectivity index (χ0v) is 16.7. The monoisotopic (exact) mass is 403 g/mol. The maximum absolute atomic E-state index is 12.7. The van der Waals surface area contributed by atoms with Crippen LogP contribution in [-0.2, 0) is 14.3 Å². The summed E-state index contributed by atoms with van der Waals surface area (Å²) in [6.45, 7) is 3.27. The molecule has 1 saturated heterocycles. The lowest BCUT2D eigenvalue weighted by Gasteiger charge is -2.33. The van der Waals surface area contributed by atoms with Crippen molar-refractivity contribution in [2.24, 2.45) is 5.92 Å². The number of amides is 4. The molecule has 0 aromatic heterocycles. The zero-order chi connectivity index (χ0) is 21.2. The van der Waals surface area contributed by atoms with Gasteiger partial charge in [-0.3, -0.25) is 15.0 Å². The number of hydrogen-bond donors (Lipinski definition) is 2. The molecule has 0 bridgehead atoms. The van der Waals surface area contributed by atoms with Gasteiger partial charge < -0.3 is 14.8 Å². The van der Waals surface area contributed by atoms with Crippen LogP contribution in [0.4, 0.5) is 4.79 Å². The minimum Gasteiger partial charge on any atom is -0.496 e. The highest BCUT2D eigenvalue weighted by molar-refractivity contribution is 6.08. The Kier molecular flexibility index (Phi) is 5.76. The van der Waals surface area contributed by atoms with E-state index < -0.39 is 36.0 Å². The number of benzene rings is 1. The van der Waals surface area contributed by atoms with Crippen molar-refractivity contribution in [3.63, 3.8) is 0 Å². The molecule has 2 aliphatic rings. The van der Waals surface area contributed by atoms with Gasteiger partial charge in [-0.1, -0.05) is 18.6 Å². The summed E-state index contributed by atoms with van der Waals surface area (Å²) in [5.74, 6) is -1.18. The molecule has 2 N–H and O–H groups in total. The van der Waals surface area contributed by atoms with E-state index in [4.69, 9.17) is 9.47 Å². The maximum atomic E-state index is 12.7. The van der Waals surface area contributed by atoms with Crippen LogP contribution in [0.5, 0.6) is 5.75 Å². The number of hydrazine groups is 1. The molecular weight excluding hydrogens is 378 g/mol. The van der Waals surface area contributed by atoms with Gasteiger partial charge in [0.15, 0.2) is 6.61 Å². The highest BCUT2D eigenvalue weighted by Gasteiger charge is 2.52. The average molecular weight is 403 g/mol. The quantitative estimate of drug-likeness (QED) is 0.571. The first kappa shape index (κ1) is 20.6. The van der Waals surface area contributed by atoms with Gasteiger partial charge >= 0.3 is 12.0 Å². The van der Waals surface area contributed by atoms with Crippen LogP contribution in [0.3, 0.4) is 0 Å². The molecule has 29 heavy (non-hydrogen) atoms. The Morgan fingerprint density at radius 1 is 1.28 bits per heavy atom. The Bertz CT molecular complexity index is 845. The predicted octanol–water partition coefficient (Wildman–Crippen LogP) is 1.69. The lowest BCUT2D eigenvalue weighted by atomic mass is 9.77. The van der Waals surface area contributed by atoms with Gasteiger partial charge in [-0.2, -0.15) is 5.01 Å². The number of urea groups is 1. The SMILES string of the molecule is COc1ccc(C)cc1C(=O)OCC(=O)NN1C(=O)NC2(CCC(C)CC2)C1=O. The van der Waals surface area contributed by atoms with Gasteiger partial charge in [-0.15, -0.1) is 0 Å². The number of esters is 1. The summed E-state index contributed by atoms with van der Waals surface area (Å²) >= 11 is 0. The first-order valence-electron chi connectivity index (χ1n) is 9.54. The number of rotatable bonds is 5. The molecule has 1 saturated carbocycles. The molecule has 2 fully saturated rings. The van der Waals surface area contributed by atoms with Gasteiger partial charge in [0, 0.05) is 0 Å². The van der Waals surface area contributed by atoms with Crippen molar-refractivity contribution >= 4 is 23.8 Å². The molecule has 0 radical (unpaired) electrons. The largest absolute Gasteiger partial charge is 0.496 e. The molecule has 4 amide bonds. The van der Waals surface area contributed by atoms with Gasteiger partial charge in [-0.05, 0) is 50.7 Å². The smallest absolute Gasteiger partial charge is 0.344 e. The first-order chi connectivity index (χ1) is 13.8. The number of ether oxygens (including phenoxy) is 2. The molecular formula is C20H25N3O6. The van der Waals surface area contributed by atoms with Crippen LogP contribution in [0.25, 0.3) is 0 Å². The average Bonchev–Trinajstić information content (AvgIpc) is 2.92. The fourth-order valence-electron chi connectivity index (χ4n) is 3.66. The van der Waals surface area contributed by atoms with Crippen LogP contribution < -0.4 is 15.5 Å². The Labute approximate surface area is 168 Å². The van der Waals surface area contributed by atoms with Crippen LogP contribution in [-0.4, -0.2) is 48.1 Å². The van der Waals surface area contributed by atoms with E-state index in [1.54, 1.807) is 18.2 Å². The van der Waals surface area contributed by atoms with Crippen LogP contribution >= 0.6 is 0 Å². The minimum absolute atomic E-state index is 0.186. The van der Waals surface area contributed by atoms with Crippen LogP contribution in [0.15, 0.2) is 18.2 Å². The fourth-order valence-corrected chi connectivity index (χ4v) is 3.66. The highest BCUT2D eigenvalue weighted by atomic mass is 16.5. The van der Waals surface area contributed by atoms with E-state index in [0.717, 1.165) is 18.4 Å². The molecule has 9 nitrogen and oxygen atoms in total. The molecule has 1 heterocycles. The number of aryl methyl sites for hydroxylation is 1. The van der Waals surface area contributed by atoms with E-state index in [9.17, 15) is 19.2 Å². The molecule has 1 aliphatic heterocycles. The van der Waals surface area contributed by atoms with E-state index in [0.29, 0.717) is 29.5 Å². The van der Waals surface area contributed by atoms with Crippen molar-refractivity contribution in [1.82, 2.24) is 15.8 Å². The standard InChI is InChI=1S/C20H25N3O6/c1-12-6-8-20(9-7-12)18(26)23(19(27)21-20)22-16(24)11-29-17(25)14-10-13(2)4-5-15(14)28-3/h4-5,10,12H,6-9,11H2,1-3H3,(H,21,27)(H,22,24). The highest BCUT2D eigenvalue weighted by Crippen LogP contribution is 2.35. The second-order valence-electron chi connectivity index (χ2n) is 7.65. The van der Waals surface area contributed by atoms with Gasteiger partial charge in [0.1, 0.15) is 16.9 Å². The minimum atomic E-state index is -0.956. The van der Waals surface area contributed by atoms with Gasteiger partial charge in [0.05, 0.1) is 7.11 Å². The summed E-state index contributed by atoms with van der Waals surface area (Å²) in [6, 6.07) is 4.32. The predicted molar refractivity (Wildman–Crippen MR) is 102 cm³/mol. The van der Waals surface area contributed by atoms with Crippen molar-refractivity contribution in [2.75, 3.05) is 13.7 Å². The number of nitrogens with zero attached hydrogens (tertiary/aromatic N) is 1. The molecule has 3 rings (SSSR count). The summed E-state index contributed by atoms with van der Waals surface area (Å²) in [5, 5.41) is 3.39. The van der Waals surface area contributed by atoms with E-state index >= 15 is 0 Å². The second kappa shape index (κ2) is 8.10. The van der Waals surface area contributed by atoms with E-state index in [1.165, 1.54) is 7.11 Å². The van der Waals surface area contributed by atoms with Crippen molar-refractivity contribution in [2.45, 2.75) is 45.1 Å². The lowest BCUT2D eigenvalue weighted by Crippen LogP contribution is -2.52. The summed E-state index contributed by atoms with van der Waals surface area (Å²) in [7, 11) is 1.42. The number of carbonyl (C=O) groups is 4. The normalized spacial score (nSPS) is 23.7. The second-order valence-corrected chi connectivity index (χ2v) is 7.65. The first-order valence-corrected chi connectivity index (χ1v) is 9.54. The van der Waals surface area contributed by atoms with Gasteiger partial charge in [0.2, 0.25) is 0 Å². The van der Waals surface area contributed by atoms with Crippen molar-refractivity contribution < 1.29 is 28.7 Å². The van der Waals surface area contributed by atoms with E-state index in [-0.39, 0.29) is 5.56 Å². The van der Waals surface area contributed by atoms with Gasteiger partial charge in [0.25, 0.3) is 11.8 Å². The molecule has 0 atom stereocenters. The molecule has 1 aromatic carbocycles. The molecule has 156 valence electrons. The van der Waals surface area contributed by atoms with Gasteiger partial charge in [-0.25, -0.2) is 9.59 Å². The molecule has 9 heteroatoms. The zero-order valence-electron chi connectivity index (χ0n) is 16.7. The van der Waals surface area contributed by atoms with Crippen LogP contribution in [0.2, 0.25) is 0 Å². The van der Waals surface area contributed by atoms with E-state index in [2.05, 4.69) is 17.7 Å². The fraction of sp³-hybridized carbons (Fsp3) is 0.500. The number of hydrogen-bond acceptors (Lipinski definition) is 6. The maximum Gasteiger partial charge on any atom is 0.344 e. The Morgan fingerprint density at radius 3 is 2.62 bits per heavy atom. The van der Waals surface area contributed by atoms with Crippen molar-refractivity contribution in [1.29, 1.82) is 0 Å². The molecule has 1 spiro atoms. The molecule has 1 aliphatic carbocycles. The van der Waals surface area contributed by atoms with Crippen molar-refractivity contribution in [3.05, 3.63) is 29.3 Å². The molecule has 0 unspecified atom stereocenters. The third kappa shape index (κ3) is 4.18.